The zero-order valence-corrected chi connectivity index (χ0v) is 13.3. The fourth-order valence-corrected chi connectivity index (χ4v) is 3.46. The van der Waals surface area contributed by atoms with Gasteiger partial charge in [-0.2, -0.15) is 0 Å². The van der Waals surface area contributed by atoms with Crippen LogP contribution in [0.2, 0.25) is 0 Å². The zero-order chi connectivity index (χ0) is 15.5. The molecule has 7 heteroatoms. The Bertz CT molecular complexity index is 686. The van der Waals surface area contributed by atoms with E-state index >= 15 is 0 Å². The lowest BCUT2D eigenvalue weighted by atomic mass is 10.1. The van der Waals surface area contributed by atoms with E-state index in [1.54, 1.807) is 29.7 Å². The third-order valence-electron chi connectivity index (χ3n) is 3.69. The number of aryl methyl sites for hydroxylation is 1. The van der Waals surface area contributed by atoms with Gasteiger partial charge in [-0.3, -0.25) is 4.79 Å². The molecule has 0 spiro atoms. The van der Waals surface area contributed by atoms with Crippen LogP contribution < -0.4 is 16.0 Å². The lowest BCUT2D eigenvalue weighted by Gasteiger charge is -2.18. The molecule has 0 bridgehead atoms. The summed E-state index contributed by atoms with van der Waals surface area (Å²) in [5, 5.41) is 4.28. The number of thiazole rings is 1. The molecule has 0 atom stereocenters. The Labute approximate surface area is 136 Å². The van der Waals surface area contributed by atoms with Gasteiger partial charge >= 0.3 is 0 Å². The van der Waals surface area contributed by atoms with Crippen LogP contribution in [-0.4, -0.2) is 41.9 Å². The maximum atomic E-state index is 12.6. The van der Waals surface area contributed by atoms with Crippen molar-refractivity contribution in [1.82, 2.24) is 15.3 Å². The molecule has 22 heavy (non-hydrogen) atoms. The number of aromatic nitrogens is 2. The van der Waals surface area contributed by atoms with Crippen molar-refractivity contribution in [3.63, 3.8) is 0 Å². The van der Waals surface area contributed by atoms with Crippen LogP contribution >= 0.6 is 11.3 Å². The maximum Gasteiger partial charge on any atom is 0.216 e. The molecule has 1 fully saturated rings. The van der Waals surface area contributed by atoms with Crippen LogP contribution in [0, 0.1) is 6.92 Å². The van der Waals surface area contributed by atoms with Crippen molar-refractivity contribution in [1.29, 1.82) is 0 Å². The van der Waals surface area contributed by atoms with Gasteiger partial charge in [-0.1, -0.05) is 0 Å². The first-order chi connectivity index (χ1) is 10.7. The zero-order valence-electron chi connectivity index (χ0n) is 12.5. The van der Waals surface area contributed by atoms with Crippen molar-refractivity contribution in [3.05, 3.63) is 34.5 Å². The largest absolute Gasteiger partial charge is 0.383 e. The summed E-state index contributed by atoms with van der Waals surface area (Å²) in [6.45, 7) is 5.77. The van der Waals surface area contributed by atoms with Gasteiger partial charge in [0.1, 0.15) is 11.5 Å². The van der Waals surface area contributed by atoms with Gasteiger partial charge in [-0.25, -0.2) is 9.97 Å². The summed E-state index contributed by atoms with van der Waals surface area (Å²) in [5.41, 5.74) is 6.70. The molecule has 120 valence electrons. The quantitative estimate of drug-likeness (QED) is 0.841. The van der Waals surface area contributed by atoms with Crippen molar-refractivity contribution in [2.45, 2.75) is 13.3 Å². The predicted octanol–water partition coefficient (Wildman–Crippen LogP) is 1.95. The highest BCUT2D eigenvalue weighted by Crippen LogP contribution is 2.28. The molecular formula is C15H23N5OS. The minimum absolute atomic E-state index is 0. The Morgan fingerprint density at radius 1 is 1.45 bits per heavy atom. The minimum Gasteiger partial charge on any atom is -0.383 e. The number of rotatable bonds is 3. The first-order valence-electron chi connectivity index (χ1n) is 7.35. The SMILES string of the molecule is Cc1sc(N2CCCNCC2)nc1C(=O)c1cccnc1N.[HH].[HH]. The summed E-state index contributed by atoms with van der Waals surface area (Å²) in [6, 6.07) is 3.41. The van der Waals surface area contributed by atoms with Crippen molar-refractivity contribution < 1.29 is 7.65 Å². The third kappa shape index (κ3) is 2.95. The molecule has 1 aliphatic heterocycles. The number of anilines is 2. The van der Waals surface area contributed by atoms with Gasteiger partial charge in [0.15, 0.2) is 5.13 Å². The second-order valence-corrected chi connectivity index (χ2v) is 6.44. The number of hydrogen-bond acceptors (Lipinski definition) is 7. The van der Waals surface area contributed by atoms with Crippen LogP contribution in [0.4, 0.5) is 10.9 Å². The third-order valence-corrected chi connectivity index (χ3v) is 4.73. The van der Waals surface area contributed by atoms with Crippen LogP contribution in [0.1, 0.15) is 30.2 Å². The molecular weight excluding hydrogens is 298 g/mol. The van der Waals surface area contributed by atoms with Gasteiger partial charge in [0.25, 0.3) is 0 Å². The van der Waals surface area contributed by atoms with Crippen molar-refractivity contribution in [3.8, 4) is 0 Å². The van der Waals surface area contributed by atoms with E-state index in [0.29, 0.717) is 11.3 Å². The Kier molecular flexibility index (Phi) is 4.35. The van der Waals surface area contributed by atoms with E-state index in [-0.39, 0.29) is 14.5 Å². The summed E-state index contributed by atoms with van der Waals surface area (Å²) >= 11 is 1.56. The van der Waals surface area contributed by atoms with E-state index < -0.39 is 0 Å². The number of nitrogens with two attached hydrogens (primary N) is 1. The smallest absolute Gasteiger partial charge is 0.216 e. The number of hydrogen-bond donors (Lipinski definition) is 2. The molecule has 0 saturated carbocycles. The van der Waals surface area contributed by atoms with Gasteiger partial charge in [0.2, 0.25) is 5.78 Å². The summed E-state index contributed by atoms with van der Waals surface area (Å²) in [5.74, 6) is 0.0963. The number of nitrogens with one attached hydrogen (secondary N) is 1. The average molecular weight is 321 g/mol. The summed E-state index contributed by atoms with van der Waals surface area (Å²) < 4.78 is 0. The lowest BCUT2D eigenvalue weighted by Crippen LogP contribution is -2.27. The topological polar surface area (TPSA) is 84.1 Å². The van der Waals surface area contributed by atoms with Gasteiger partial charge < -0.3 is 16.0 Å². The Hall–Kier alpha value is -1.99. The van der Waals surface area contributed by atoms with E-state index in [9.17, 15) is 4.79 Å². The molecule has 6 nitrogen and oxygen atoms in total. The normalized spacial score (nSPS) is 15.6. The molecule has 3 N–H and O–H groups in total. The second-order valence-electron chi connectivity index (χ2n) is 5.26. The van der Waals surface area contributed by atoms with E-state index in [1.165, 1.54) is 0 Å². The minimum atomic E-state index is -0.154. The number of carbonyl (C=O) groups excluding carboxylic acids is 1. The van der Waals surface area contributed by atoms with Gasteiger partial charge in [-0.05, 0) is 32.0 Å². The molecule has 1 aliphatic rings. The number of carbonyl (C=O) groups is 1. The van der Waals surface area contributed by atoms with Crippen LogP contribution in [-0.2, 0) is 0 Å². The molecule has 1 saturated heterocycles. The number of nitrogens with zero attached hydrogens (tertiary/aromatic N) is 3. The van der Waals surface area contributed by atoms with Crippen molar-refractivity contribution in [2.75, 3.05) is 36.8 Å². The van der Waals surface area contributed by atoms with Crippen LogP contribution in [0.15, 0.2) is 18.3 Å². The second kappa shape index (κ2) is 6.41. The number of ketones is 1. The highest BCUT2D eigenvalue weighted by atomic mass is 32.1. The molecule has 3 heterocycles. The van der Waals surface area contributed by atoms with Gasteiger partial charge in [0.05, 0.1) is 5.56 Å². The Morgan fingerprint density at radius 2 is 2.32 bits per heavy atom. The summed E-state index contributed by atoms with van der Waals surface area (Å²) in [7, 11) is 0. The summed E-state index contributed by atoms with van der Waals surface area (Å²) in [4.78, 5) is 24.4. The fraction of sp³-hybridized carbons (Fsp3) is 0.400. The van der Waals surface area contributed by atoms with Crippen molar-refractivity contribution in [2.24, 2.45) is 0 Å². The molecule has 0 unspecified atom stereocenters. The van der Waals surface area contributed by atoms with Crippen LogP contribution in [0.5, 0.6) is 0 Å². The predicted molar refractivity (Wildman–Crippen MR) is 92.9 cm³/mol. The molecule has 2 aromatic rings. The van der Waals surface area contributed by atoms with E-state index in [4.69, 9.17) is 5.73 Å². The monoisotopic (exact) mass is 321 g/mol. The average Bonchev–Trinajstić information content (AvgIpc) is 2.74. The molecule has 0 aliphatic carbocycles. The Morgan fingerprint density at radius 3 is 3.14 bits per heavy atom. The van der Waals surface area contributed by atoms with Crippen LogP contribution in [0.25, 0.3) is 0 Å². The Balaban J connectivity index is 0.00000144. The first kappa shape index (κ1) is 14.9. The highest BCUT2D eigenvalue weighted by Gasteiger charge is 2.22. The maximum absolute atomic E-state index is 12.6. The summed E-state index contributed by atoms with van der Waals surface area (Å²) in [6.07, 6.45) is 2.66. The fourth-order valence-electron chi connectivity index (χ4n) is 2.50. The van der Waals surface area contributed by atoms with Gasteiger partial charge in [0, 0.05) is 33.6 Å². The molecule has 0 aromatic carbocycles. The first-order valence-corrected chi connectivity index (χ1v) is 8.17. The number of nitrogen functional groups attached to an aromatic ring is 1. The van der Waals surface area contributed by atoms with Gasteiger partial charge in [-0.15, -0.1) is 11.3 Å². The lowest BCUT2D eigenvalue weighted by molar-refractivity contribution is 0.103. The molecule has 0 amide bonds. The standard InChI is InChI=1S/C15H19N5OS.2H2/c1-10-12(13(21)11-4-2-6-18-14(11)16)19-15(22-10)20-8-3-5-17-7-9-20;;/h2,4,6,17H,3,5,7-9H2,1H3,(H2,16,18);2*1H. The van der Waals surface area contributed by atoms with E-state index in [0.717, 1.165) is 42.6 Å². The number of pyridine rings is 1. The van der Waals surface area contributed by atoms with Crippen LogP contribution in [0.3, 0.4) is 0 Å². The molecule has 0 radical (unpaired) electrons. The molecule has 2 aromatic heterocycles. The van der Waals surface area contributed by atoms with E-state index in [2.05, 4.69) is 20.2 Å². The molecule has 3 rings (SSSR count). The van der Waals surface area contributed by atoms with Crippen molar-refractivity contribution >= 4 is 28.1 Å². The van der Waals surface area contributed by atoms with E-state index in [1.807, 2.05) is 6.92 Å². The highest BCUT2D eigenvalue weighted by molar-refractivity contribution is 7.15.